The lowest BCUT2D eigenvalue weighted by atomic mass is 9.67. The maximum Gasteiger partial charge on any atom is 0.0714 e. The van der Waals surface area contributed by atoms with Crippen LogP contribution in [-0.4, -0.2) is 0 Å². The van der Waals surface area contributed by atoms with E-state index in [-0.39, 0.29) is 0 Å². The summed E-state index contributed by atoms with van der Waals surface area (Å²) in [6.07, 6.45) is 0. The molecule has 0 fully saturated rings. The van der Waals surface area contributed by atoms with Crippen molar-refractivity contribution in [1.29, 1.82) is 0 Å². The molecule has 0 bridgehead atoms. The zero-order valence-corrected chi connectivity index (χ0v) is 36.7. The van der Waals surface area contributed by atoms with Crippen LogP contribution in [0.5, 0.6) is 0 Å². The van der Waals surface area contributed by atoms with Gasteiger partial charge in [0.15, 0.2) is 0 Å². The fraction of sp³-hybridized carbons (Fsp3) is 0.0149. The van der Waals surface area contributed by atoms with Gasteiger partial charge in [-0.15, -0.1) is 0 Å². The maximum atomic E-state index is 2.57. The van der Waals surface area contributed by atoms with E-state index in [0.29, 0.717) is 0 Å². The summed E-state index contributed by atoms with van der Waals surface area (Å²) >= 11 is 0. The average molecular weight is 847 g/mol. The zero-order valence-electron chi connectivity index (χ0n) is 36.7. The van der Waals surface area contributed by atoms with Gasteiger partial charge in [0.1, 0.15) is 0 Å². The molecule has 0 spiro atoms. The number of hydrogen-bond donors (Lipinski definition) is 0. The molecule has 0 aliphatic heterocycles. The van der Waals surface area contributed by atoms with Crippen molar-refractivity contribution in [2.24, 2.45) is 0 Å². The standard InChI is InChI=1S/C67H42/c1-3-21-44(22-4-1)67(45-23-5-2-6-24-45)62-38-20-19-37-59(62)66-54-32-14-13-31-52(54)61(42-63(66)67)65-57-35-17-15-33-55(57)64(56-34-16-18-36-58(56)65)43-39-40-53-50-29-10-9-27-48(50)46-25-7-8-26-47(46)49-28-11-12-30-51(49)60(53)41-43/h1-42H. The highest BCUT2D eigenvalue weighted by Crippen LogP contribution is 2.60. The first-order valence-electron chi connectivity index (χ1n) is 23.4. The van der Waals surface area contributed by atoms with E-state index in [1.807, 2.05) is 0 Å². The van der Waals surface area contributed by atoms with E-state index in [1.54, 1.807) is 0 Å². The van der Waals surface area contributed by atoms with Crippen LogP contribution in [0.4, 0.5) is 0 Å². The molecule has 0 heteroatoms. The van der Waals surface area contributed by atoms with Crippen molar-refractivity contribution >= 4 is 32.3 Å². The fourth-order valence-electron chi connectivity index (χ4n) is 12.3. The van der Waals surface area contributed by atoms with Crippen molar-refractivity contribution in [3.63, 3.8) is 0 Å². The number of benzene rings is 12. The third kappa shape index (κ3) is 5.36. The summed E-state index contributed by atoms with van der Waals surface area (Å²) in [5, 5.41) is 7.50. The summed E-state index contributed by atoms with van der Waals surface area (Å²) < 4.78 is 0. The van der Waals surface area contributed by atoms with E-state index < -0.39 is 5.41 Å². The normalized spacial score (nSPS) is 12.9. The monoisotopic (exact) mass is 846 g/mol. The first-order chi connectivity index (χ1) is 33.3. The minimum atomic E-state index is -0.533. The van der Waals surface area contributed by atoms with Crippen molar-refractivity contribution in [3.05, 3.63) is 277 Å². The third-order valence-electron chi connectivity index (χ3n) is 14.9. The van der Waals surface area contributed by atoms with Crippen LogP contribution in [-0.2, 0) is 5.41 Å². The summed E-state index contributed by atoms with van der Waals surface area (Å²) in [6, 6.07) is 95.5. The van der Waals surface area contributed by atoms with Crippen LogP contribution in [0.25, 0.3) is 110 Å². The lowest BCUT2D eigenvalue weighted by Crippen LogP contribution is -2.28. The summed E-state index contributed by atoms with van der Waals surface area (Å²) in [5.74, 6) is 0. The molecule has 2 aliphatic carbocycles. The Kier molecular flexibility index (Phi) is 8.30. The van der Waals surface area contributed by atoms with Gasteiger partial charge >= 0.3 is 0 Å². The second-order valence-corrected chi connectivity index (χ2v) is 18.2. The highest BCUT2D eigenvalue weighted by Gasteiger charge is 2.47. The van der Waals surface area contributed by atoms with E-state index in [4.69, 9.17) is 0 Å². The highest BCUT2D eigenvalue weighted by molar-refractivity contribution is 6.25. The van der Waals surface area contributed by atoms with Gasteiger partial charge < -0.3 is 0 Å². The lowest BCUT2D eigenvalue weighted by molar-refractivity contribution is 0.769. The molecule has 310 valence electrons. The molecule has 0 amide bonds. The molecule has 0 nitrogen and oxygen atoms in total. The van der Waals surface area contributed by atoms with E-state index in [2.05, 4.69) is 255 Å². The molecular weight excluding hydrogens is 805 g/mol. The number of rotatable bonds is 4. The van der Waals surface area contributed by atoms with Crippen molar-refractivity contribution in [2.45, 2.75) is 5.41 Å². The molecule has 0 radical (unpaired) electrons. The van der Waals surface area contributed by atoms with Crippen LogP contribution in [0, 0.1) is 0 Å². The van der Waals surface area contributed by atoms with E-state index in [9.17, 15) is 0 Å². The molecule has 0 saturated heterocycles. The average Bonchev–Trinajstić information content (AvgIpc) is 3.71. The van der Waals surface area contributed by atoms with Gasteiger partial charge in [-0.2, -0.15) is 0 Å². The summed E-state index contributed by atoms with van der Waals surface area (Å²) in [4.78, 5) is 0. The molecule has 0 unspecified atom stereocenters. The Labute approximate surface area is 390 Å². The Morgan fingerprint density at radius 1 is 0.194 bits per heavy atom. The van der Waals surface area contributed by atoms with E-state index >= 15 is 0 Å². The predicted octanol–water partition coefficient (Wildman–Crippen LogP) is 17.8. The summed E-state index contributed by atoms with van der Waals surface area (Å²) in [6.45, 7) is 0. The molecule has 67 heavy (non-hydrogen) atoms. The van der Waals surface area contributed by atoms with Gasteiger partial charge in [0.25, 0.3) is 0 Å². The second kappa shape index (κ2) is 14.7. The van der Waals surface area contributed by atoms with Crippen molar-refractivity contribution in [1.82, 2.24) is 0 Å². The smallest absolute Gasteiger partial charge is 0.0622 e. The lowest BCUT2D eigenvalue weighted by Gasteiger charge is -2.34. The Morgan fingerprint density at radius 2 is 0.552 bits per heavy atom. The number of hydrogen-bond acceptors (Lipinski definition) is 0. The van der Waals surface area contributed by atoms with Gasteiger partial charge in [-0.3, -0.25) is 0 Å². The van der Waals surface area contributed by atoms with Crippen LogP contribution in [0.15, 0.2) is 255 Å². The molecule has 12 aromatic rings. The third-order valence-corrected chi connectivity index (χ3v) is 14.9. The molecular formula is C67H42. The van der Waals surface area contributed by atoms with E-state index in [1.165, 1.54) is 132 Å². The van der Waals surface area contributed by atoms with Gasteiger partial charge in [0.2, 0.25) is 0 Å². The SMILES string of the molecule is c1ccc(C2(c3ccccc3)c3ccccc3-c3c2cc(-c2c4ccccc4c(-c4ccc5c(c4)-c4ccccc4-c4ccccc4-c4ccccc4-5)c4ccccc24)c2ccccc32)cc1. The largest absolute Gasteiger partial charge is 0.0714 e. The second-order valence-electron chi connectivity index (χ2n) is 18.2. The summed E-state index contributed by atoms with van der Waals surface area (Å²) in [7, 11) is 0. The van der Waals surface area contributed by atoms with Crippen LogP contribution in [0.3, 0.4) is 0 Å². The first-order valence-corrected chi connectivity index (χ1v) is 23.4. The van der Waals surface area contributed by atoms with Gasteiger partial charge in [-0.25, -0.2) is 0 Å². The van der Waals surface area contributed by atoms with Gasteiger partial charge in [0.05, 0.1) is 5.41 Å². The summed E-state index contributed by atoms with van der Waals surface area (Å²) in [5.41, 5.74) is 22.3. The fourth-order valence-corrected chi connectivity index (χ4v) is 12.3. The number of fused-ring (bicyclic) bond motifs is 15. The highest BCUT2D eigenvalue weighted by atomic mass is 14.5. The molecule has 0 atom stereocenters. The minimum absolute atomic E-state index is 0.533. The van der Waals surface area contributed by atoms with Crippen molar-refractivity contribution < 1.29 is 0 Å². The maximum absolute atomic E-state index is 2.57. The molecule has 0 heterocycles. The molecule has 0 saturated carbocycles. The topological polar surface area (TPSA) is 0 Å². The van der Waals surface area contributed by atoms with Crippen LogP contribution >= 0.6 is 0 Å². The predicted molar refractivity (Wildman–Crippen MR) is 282 cm³/mol. The molecule has 14 rings (SSSR count). The van der Waals surface area contributed by atoms with Gasteiger partial charge in [-0.1, -0.05) is 243 Å². The molecule has 0 aromatic heterocycles. The van der Waals surface area contributed by atoms with Gasteiger partial charge in [-0.05, 0) is 145 Å². The Bertz CT molecular complexity index is 3860. The first kappa shape index (κ1) is 37.8. The Morgan fingerprint density at radius 3 is 1.04 bits per heavy atom. The van der Waals surface area contributed by atoms with Crippen LogP contribution in [0.1, 0.15) is 22.3 Å². The molecule has 2 aliphatic rings. The van der Waals surface area contributed by atoms with Crippen LogP contribution in [0.2, 0.25) is 0 Å². The van der Waals surface area contributed by atoms with Crippen molar-refractivity contribution in [3.8, 4) is 77.9 Å². The zero-order chi connectivity index (χ0) is 44.1. The van der Waals surface area contributed by atoms with Crippen molar-refractivity contribution in [2.75, 3.05) is 0 Å². The van der Waals surface area contributed by atoms with Gasteiger partial charge in [0, 0.05) is 0 Å². The van der Waals surface area contributed by atoms with Crippen LogP contribution < -0.4 is 0 Å². The quantitative estimate of drug-likeness (QED) is 0.155. The molecule has 0 N–H and O–H groups in total. The Balaban J connectivity index is 1.08. The minimum Gasteiger partial charge on any atom is -0.0622 e. The van der Waals surface area contributed by atoms with E-state index in [0.717, 1.165) is 0 Å². The Hall–Kier alpha value is -8.58. The molecule has 12 aromatic carbocycles.